The predicted molar refractivity (Wildman–Crippen MR) is 120 cm³/mol. The number of alkyl carbamates (subject to hydrolysis) is 1. The highest BCUT2D eigenvalue weighted by atomic mass is 16.6. The van der Waals surface area contributed by atoms with E-state index in [0.717, 1.165) is 26.2 Å². The first-order chi connectivity index (χ1) is 14.6. The number of rotatable bonds is 4. The second-order valence-corrected chi connectivity index (χ2v) is 9.83. The van der Waals surface area contributed by atoms with Gasteiger partial charge in [0.15, 0.2) is 5.54 Å². The van der Waals surface area contributed by atoms with Crippen LogP contribution in [0.4, 0.5) is 4.79 Å². The monoisotopic (exact) mass is 431 g/mol. The molecule has 8 heteroatoms. The third-order valence-corrected chi connectivity index (χ3v) is 6.16. The largest absolute Gasteiger partial charge is 0.444 e. The van der Waals surface area contributed by atoms with Crippen molar-refractivity contribution in [3.8, 4) is 0 Å². The zero-order chi connectivity index (χ0) is 22.6. The molecule has 31 heavy (non-hydrogen) atoms. The summed E-state index contributed by atoms with van der Waals surface area (Å²) in [5.74, 6) is -0.153. The summed E-state index contributed by atoms with van der Waals surface area (Å²) in [5, 5.41) is 2.81. The number of carbonyl (C=O) groups is 2. The molecule has 3 rings (SSSR count). The van der Waals surface area contributed by atoms with Crippen molar-refractivity contribution in [2.45, 2.75) is 57.7 Å². The molecule has 1 atom stereocenters. The van der Waals surface area contributed by atoms with Crippen LogP contribution >= 0.6 is 0 Å². The molecule has 1 N–H and O–H groups in total. The normalized spacial score (nSPS) is 21.4. The lowest BCUT2D eigenvalue weighted by molar-refractivity contribution is -0.140. The van der Waals surface area contributed by atoms with Gasteiger partial charge < -0.3 is 19.9 Å². The van der Waals surface area contributed by atoms with Gasteiger partial charge in [0.25, 0.3) is 5.91 Å². The first-order valence-electron chi connectivity index (χ1n) is 11.2. The summed E-state index contributed by atoms with van der Waals surface area (Å²) in [7, 11) is 2.17. The van der Waals surface area contributed by atoms with Crippen molar-refractivity contribution < 1.29 is 14.3 Å². The van der Waals surface area contributed by atoms with Crippen molar-refractivity contribution in [2.75, 3.05) is 46.3 Å². The molecule has 2 fully saturated rings. The quantitative estimate of drug-likeness (QED) is 0.786. The van der Waals surface area contributed by atoms with Crippen molar-refractivity contribution in [1.29, 1.82) is 0 Å². The first-order valence-corrected chi connectivity index (χ1v) is 11.2. The summed E-state index contributed by atoms with van der Waals surface area (Å²) in [4.78, 5) is 37.3. The molecule has 0 aliphatic carbocycles. The zero-order valence-corrected chi connectivity index (χ0v) is 19.6. The number of hydrogen-bond donors (Lipinski definition) is 1. The van der Waals surface area contributed by atoms with Crippen LogP contribution in [0.2, 0.25) is 0 Å². The van der Waals surface area contributed by atoms with Crippen LogP contribution < -0.4 is 5.32 Å². The second kappa shape index (κ2) is 9.53. The number of ether oxygens (including phenoxy) is 1. The Kier molecular flexibility index (Phi) is 7.21. The van der Waals surface area contributed by atoms with E-state index in [2.05, 4.69) is 27.1 Å². The van der Waals surface area contributed by atoms with Gasteiger partial charge in [0.05, 0.1) is 5.69 Å². The summed E-state index contributed by atoms with van der Waals surface area (Å²) >= 11 is 0. The van der Waals surface area contributed by atoms with Crippen LogP contribution in [0.15, 0.2) is 24.4 Å². The summed E-state index contributed by atoms with van der Waals surface area (Å²) in [6.45, 7) is 12.4. The standard InChI is InChI=1S/C23H37N5O3/c1-22(2,3)31-21(30)25-23(4,19-8-6-7-11-24-19)20(29)28-16-14-27(15-17-28)18-9-12-26(5)13-10-18/h6-8,11,18H,9-10,12-17H2,1-5H3,(H,25,30)/t23-/m1/s1. The molecular formula is C23H37N5O3. The number of likely N-dealkylation sites (tertiary alicyclic amines) is 1. The molecule has 1 aromatic rings. The molecule has 3 heterocycles. The Bertz CT molecular complexity index is 750. The van der Waals surface area contributed by atoms with Crippen molar-refractivity contribution in [3.63, 3.8) is 0 Å². The van der Waals surface area contributed by atoms with E-state index in [1.54, 1.807) is 46.0 Å². The van der Waals surface area contributed by atoms with Crippen LogP contribution in [0.25, 0.3) is 0 Å². The van der Waals surface area contributed by atoms with Gasteiger partial charge in [-0.1, -0.05) is 6.07 Å². The van der Waals surface area contributed by atoms with Gasteiger partial charge >= 0.3 is 6.09 Å². The minimum absolute atomic E-state index is 0.153. The molecule has 0 radical (unpaired) electrons. The van der Waals surface area contributed by atoms with Crippen LogP contribution in [0.1, 0.15) is 46.2 Å². The van der Waals surface area contributed by atoms with Gasteiger partial charge in [-0.15, -0.1) is 0 Å². The Morgan fingerprint density at radius 1 is 1.03 bits per heavy atom. The van der Waals surface area contributed by atoms with Crippen LogP contribution in [-0.2, 0) is 15.1 Å². The Balaban J connectivity index is 1.70. The molecule has 2 aliphatic rings. The molecule has 0 unspecified atom stereocenters. The van der Waals surface area contributed by atoms with Crippen LogP contribution in [0.5, 0.6) is 0 Å². The maximum atomic E-state index is 13.6. The second-order valence-electron chi connectivity index (χ2n) is 9.83. The number of hydrogen-bond acceptors (Lipinski definition) is 6. The van der Waals surface area contributed by atoms with E-state index in [0.29, 0.717) is 24.8 Å². The number of aromatic nitrogens is 1. The number of nitrogens with one attached hydrogen (secondary N) is 1. The molecule has 0 bridgehead atoms. The average Bonchev–Trinajstić information content (AvgIpc) is 2.73. The Morgan fingerprint density at radius 3 is 2.23 bits per heavy atom. The molecule has 1 aromatic heterocycles. The van der Waals surface area contributed by atoms with Crippen molar-refractivity contribution >= 4 is 12.0 Å². The van der Waals surface area contributed by atoms with E-state index >= 15 is 0 Å². The summed E-state index contributed by atoms with van der Waals surface area (Å²) in [6.07, 6.45) is 3.36. The van der Waals surface area contributed by atoms with E-state index in [1.165, 1.54) is 12.8 Å². The highest BCUT2D eigenvalue weighted by Crippen LogP contribution is 2.25. The number of piperazine rings is 1. The Morgan fingerprint density at radius 2 is 1.68 bits per heavy atom. The number of pyridine rings is 1. The highest BCUT2D eigenvalue weighted by Gasteiger charge is 2.43. The lowest BCUT2D eigenvalue weighted by atomic mass is 9.94. The molecule has 2 saturated heterocycles. The van der Waals surface area contributed by atoms with E-state index in [-0.39, 0.29) is 5.91 Å². The fraction of sp³-hybridized carbons (Fsp3) is 0.696. The predicted octanol–water partition coefficient (Wildman–Crippen LogP) is 2.06. The maximum absolute atomic E-state index is 13.6. The van der Waals surface area contributed by atoms with Gasteiger partial charge in [-0.3, -0.25) is 14.7 Å². The van der Waals surface area contributed by atoms with Crippen LogP contribution in [0, 0.1) is 0 Å². The smallest absolute Gasteiger partial charge is 0.408 e. The molecule has 8 nitrogen and oxygen atoms in total. The molecule has 172 valence electrons. The fourth-order valence-electron chi connectivity index (χ4n) is 4.36. The number of piperidine rings is 1. The van der Waals surface area contributed by atoms with Gasteiger partial charge in [-0.05, 0) is 72.8 Å². The Hall–Kier alpha value is -2.19. The molecule has 2 amide bonds. The lowest BCUT2D eigenvalue weighted by Crippen LogP contribution is -2.61. The van der Waals surface area contributed by atoms with Gasteiger partial charge in [0, 0.05) is 38.4 Å². The first kappa shape index (κ1) is 23.5. The average molecular weight is 432 g/mol. The molecule has 0 spiro atoms. The third kappa shape index (κ3) is 5.95. The van der Waals surface area contributed by atoms with Crippen molar-refractivity contribution in [1.82, 2.24) is 25.0 Å². The van der Waals surface area contributed by atoms with Gasteiger partial charge in [0.1, 0.15) is 5.60 Å². The maximum Gasteiger partial charge on any atom is 0.408 e. The summed E-state index contributed by atoms with van der Waals surface area (Å²) in [6, 6.07) is 5.98. The van der Waals surface area contributed by atoms with E-state index < -0.39 is 17.2 Å². The van der Waals surface area contributed by atoms with E-state index in [9.17, 15) is 9.59 Å². The number of carbonyl (C=O) groups excluding carboxylic acids is 2. The topological polar surface area (TPSA) is 78.0 Å². The van der Waals surface area contributed by atoms with Crippen LogP contribution in [0.3, 0.4) is 0 Å². The Labute approximate surface area is 185 Å². The molecule has 0 saturated carbocycles. The van der Waals surface area contributed by atoms with E-state index in [1.807, 2.05) is 11.0 Å². The minimum atomic E-state index is -1.29. The molecule has 2 aliphatic heterocycles. The van der Waals surface area contributed by atoms with E-state index in [4.69, 9.17) is 4.74 Å². The number of amides is 2. The van der Waals surface area contributed by atoms with Crippen LogP contribution in [-0.4, -0.2) is 89.6 Å². The SMILES string of the molecule is CN1CCC(N2CCN(C(=O)[C@](C)(NC(=O)OC(C)(C)C)c3ccccn3)CC2)CC1. The minimum Gasteiger partial charge on any atom is -0.444 e. The third-order valence-electron chi connectivity index (χ3n) is 6.16. The van der Waals surface area contributed by atoms with Crippen molar-refractivity contribution in [2.24, 2.45) is 0 Å². The summed E-state index contributed by atoms with van der Waals surface area (Å²) < 4.78 is 5.44. The van der Waals surface area contributed by atoms with Gasteiger partial charge in [0.2, 0.25) is 0 Å². The number of nitrogens with zero attached hydrogens (tertiary/aromatic N) is 4. The molecule has 0 aromatic carbocycles. The fourth-order valence-corrected chi connectivity index (χ4v) is 4.36. The zero-order valence-electron chi connectivity index (χ0n) is 19.6. The van der Waals surface area contributed by atoms with Crippen molar-refractivity contribution in [3.05, 3.63) is 30.1 Å². The van der Waals surface area contributed by atoms with Gasteiger partial charge in [-0.25, -0.2) is 4.79 Å². The lowest BCUT2D eigenvalue weighted by Gasteiger charge is -2.44. The summed E-state index contributed by atoms with van der Waals surface area (Å²) in [5.41, 5.74) is -1.44. The molecular weight excluding hydrogens is 394 g/mol. The van der Waals surface area contributed by atoms with Gasteiger partial charge in [-0.2, -0.15) is 0 Å². The highest BCUT2D eigenvalue weighted by molar-refractivity contribution is 5.90.